The molecule has 0 unspecified atom stereocenters. The molecule has 0 aromatic carbocycles. The zero-order valence-corrected chi connectivity index (χ0v) is 12.5. The van der Waals surface area contributed by atoms with Crippen LogP contribution in [0.5, 0.6) is 0 Å². The lowest BCUT2D eigenvalue weighted by molar-refractivity contribution is 0.209. The summed E-state index contributed by atoms with van der Waals surface area (Å²) in [6, 6.07) is 0.810. The lowest BCUT2D eigenvalue weighted by atomic mass is 9.80. The summed E-state index contributed by atoms with van der Waals surface area (Å²) in [6.07, 6.45) is 9.98. The molecule has 1 saturated heterocycles. The van der Waals surface area contributed by atoms with Gasteiger partial charge in [0.05, 0.1) is 0 Å². The van der Waals surface area contributed by atoms with Crippen LogP contribution in [-0.4, -0.2) is 37.1 Å². The second-order valence-electron chi connectivity index (χ2n) is 6.71. The minimum absolute atomic E-state index is 0.810. The van der Waals surface area contributed by atoms with Gasteiger partial charge in [-0.05, 0) is 63.5 Å². The maximum Gasteiger partial charge on any atom is 0.0107 e. The van der Waals surface area contributed by atoms with E-state index in [1.807, 2.05) is 0 Å². The van der Waals surface area contributed by atoms with Crippen LogP contribution >= 0.6 is 0 Å². The molecule has 0 radical (unpaired) electrons. The van der Waals surface area contributed by atoms with Crippen LogP contribution in [0.3, 0.4) is 0 Å². The molecule has 1 aliphatic heterocycles. The molecule has 18 heavy (non-hydrogen) atoms. The van der Waals surface area contributed by atoms with Crippen LogP contribution in [0.4, 0.5) is 0 Å². The Morgan fingerprint density at radius 1 is 1.00 bits per heavy atom. The third kappa shape index (κ3) is 4.55. The number of hydrogen-bond acceptors (Lipinski definition) is 2. The molecule has 1 heterocycles. The number of nitrogens with one attached hydrogen (secondary N) is 1. The van der Waals surface area contributed by atoms with Gasteiger partial charge in [-0.3, -0.25) is 0 Å². The van der Waals surface area contributed by atoms with Crippen molar-refractivity contribution >= 4 is 0 Å². The summed E-state index contributed by atoms with van der Waals surface area (Å²) in [6.45, 7) is 9.91. The molecule has 0 bridgehead atoms. The van der Waals surface area contributed by atoms with Gasteiger partial charge in [0, 0.05) is 19.1 Å². The number of piperidine rings is 1. The predicted molar refractivity (Wildman–Crippen MR) is 78.9 cm³/mol. The Labute approximate surface area is 114 Å². The monoisotopic (exact) mass is 252 g/mol. The molecule has 1 aliphatic carbocycles. The van der Waals surface area contributed by atoms with Crippen LogP contribution in [-0.2, 0) is 0 Å². The summed E-state index contributed by atoms with van der Waals surface area (Å²) in [5.74, 6) is 1.88. The van der Waals surface area contributed by atoms with Crippen molar-refractivity contribution in [2.45, 2.75) is 64.8 Å². The van der Waals surface area contributed by atoms with E-state index in [9.17, 15) is 0 Å². The third-order valence-corrected chi connectivity index (χ3v) is 5.02. The van der Waals surface area contributed by atoms with Crippen LogP contribution < -0.4 is 5.32 Å². The fourth-order valence-electron chi connectivity index (χ4n) is 3.60. The van der Waals surface area contributed by atoms with Crippen LogP contribution in [0.2, 0.25) is 0 Å². The van der Waals surface area contributed by atoms with Gasteiger partial charge in [-0.2, -0.15) is 0 Å². The van der Waals surface area contributed by atoms with Crippen molar-refractivity contribution in [3.05, 3.63) is 0 Å². The standard InChI is InChI=1S/C16H32N2/c1-14(2)15-6-8-16(9-7-15)17-10-13-18-11-4-3-5-12-18/h14-17H,3-13H2,1-2H3. The molecule has 106 valence electrons. The molecule has 0 aromatic heterocycles. The van der Waals surface area contributed by atoms with Crippen LogP contribution in [0.25, 0.3) is 0 Å². The highest BCUT2D eigenvalue weighted by atomic mass is 15.1. The topological polar surface area (TPSA) is 15.3 Å². The molecular formula is C16H32N2. The first kappa shape index (κ1) is 14.3. The van der Waals surface area contributed by atoms with Gasteiger partial charge < -0.3 is 10.2 Å². The van der Waals surface area contributed by atoms with Crippen molar-refractivity contribution in [1.29, 1.82) is 0 Å². The number of hydrogen-bond donors (Lipinski definition) is 1. The van der Waals surface area contributed by atoms with E-state index in [4.69, 9.17) is 0 Å². The van der Waals surface area contributed by atoms with Gasteiger partial charge >= 0.3 is 0 Å². The molecule has 0 aromatic rings. The first-order valence-corrected chi connectivity index (χ1v) is 8.21. The van der Waals surface area contributed by atoms with E-state index in [-0.39, 0.29) is 0 Å². The van der Waals surface area contributed by atoms with Crippen LogP contribution in [0.1, 0.15) is 58.8 Å². The van der Waals surface area contributed by atoms with E-state index < -0.39 is 0 Å². The molecule has 0 spiro atoms. The Morgan fingerprint density at radius 3 is 2.28 bits per heavy atom. The van der Waals surface area contributed by atoms with Crippen molar-refractivity contribution in [2.75, 3.05) is 26.2 Å². The first-order valence-electron chi connectivity index (χ1n) is 8.21. The fourth-order valence-corrected chi connectivity index (χ4v) is 3.60. The highest BCUT2D eigenvalue weighted by Crippen LogP contribution is 2.29. The Kier molecular flexibility index (Phi) is 5.97. The number of nitrogens with zero attached hydrogens (tertiary/aromatic N) is 1. The quantitative estimate of drug-likeness (QED) is 0.808. The minimum atomic E-state index is 0.810. The Bertz CT molecular complexity index is 213. The molecule has 1 saturated carbocycles. The van der Waals surface area contributed by atoms with Gasteiger partial charge in [0.25, 0.3) is 0 Å². The van der Waals surface area contributed by atoms with Gasteiger partial charge in [-0.15, -0.1) is 0 Å². The summed E-state index contributed by atoms with van der Waals surface area (Å²) in [5.41, 5.74) is 0. The van der Waals surface area contributed by atoms with Gasteiger partial charge in [0.1, 0.15) is 0 Å². The van der Waals surface area contributed by atoms with Gasteiger partial charge in [-0.1, -0.05) is 20.3 Å². The lowest BCUT2D eigenvalue weighted by Crippen LogP contribution is -2.40. The van der Waals surface area contributed by atoms with Crippen molar-refractivity contribution in [3.63, 3.8) is 0 Å². The zero-order valence-electron chi connectivity index (χ0n) is 12.5. The Balaban J connectivity index is 1.55. The maximum atomic E-state index is 3.79. The Morgan fingerprint density at radius 2 is 1.67 bits per heavy atom. The first-order chi connectivity index (χ1) is 8.75. The molecule has 1 N–H and O–H groups in total. The SMILES string of the molecule is CC(C)C1CCC(NCCN2CCCCC2)CC1. The summed E-state index contributed by atoms with van der Waals surface area (Å²) >= 11 is 0. The van der Waals surface area contributed by atoms with E-state index in [1.54, 1.807) is 0 Å². The lowest BCUT2D eigenvalue weighted by Gasteiger charge is -2.32. The van der Waals surface area contributed by atoms with Gasteiger partial charge in [0.2, 0.25) is 0 Å². The van der Waals surface area contributed by atoms with Gasteiger partial charge in [0.15, 0.2) is 0 Å². The molecule has 0 amide bonds. The van der Waals surface area contributed by atoms with Crippen molar-refractivity contribution in [2.24, 2.45) is 11.8 Å². The maximum absolute atomic E-state index is 3.79. The van der Waals surface area contributed by atoms with Crippen molar-refractivity contribution < 1.29 is 0 Å². The normalized spacial score (nSPS) is 30.8. The highest BCUT2D eigenvalue weighted by molar-refractivity contribution is 4.79. The zero-order chi connectivity index (χ0) is 12.8. The molecule has 2 rings (SSSR count). The second-order valence-corrected chi connectivity index (χ2v) is 6.71. The molecule has 2 heteroatoms. The molecule has 2 nitrogen and oxygen atoms in total. The average Bonchev–Trinajstić information content (AvgIpc) is 2.40. The summed E-state index contributed by atoms with van der Waals surface area (Å²) in [7, 11) is 0. The largest absolute Gasteiger partial charge is 0.313 e. The van der Waals surface area contributed by atoms with Crippen molar-refractivity contribution in [1.82, 2.24) is 10.2 Å². The van der Waals surface area contributed by atoms with Crippen LogP contribution in [0, 0.1) is 11.8 Å². The van der Waals surface area contributed by atoms with Crippen LogP contribution in [0.15, 0.2) is 0 Å². The second kappa shape index (κ2) is 7.49. The fraction of sp³-hybridized carbons (Fsp3) is 1.00. The molecular weight excluding hydrogens is 220 g/mol. The minimum Gasteiger partial charge on any atom is -0.313 e. The number of rotatable bonds is 5. The summed E-state index contributed by atoms with van der Waals surface area (Å²) in [4.78, 5) is 2.64. The van der Waals surface area contributed by atoms with E-state index in [0.717, 1.165) is 17.9 Å². The number of likely N-dealkylation sites (tertiary alicyclic amines) is 1. The Hall–Kier alpha value is -0.0800. The molecule has 2 aliphatic rings. The smallest absolute Gasteiger partial charge is 0.0107 e. The van der Waals surface area contributed by atoms with Crippen molar-refractivity contribution in [3.8, 4) is 0 Å². The summed E-state index contributed by atoms with van der Waals surface area (Å²) < 4.78 is 0. The highest BCUT2D eigenvalue weighted by Gasteiger charge is 2.22. The van der Waals surface area contributed by atoms with E-state index in [0.29, 0.717) is 0 Å². The van der Waals surface area contributed by atoms with E-state index in [1.165, 1.54) is 71.1 Å². The van der Waals surface area contributed by atoms with Gasteiger partial charge in [-0.25, -0.2) is 0 Å². The summed E-state index contributed by atoms with van der Waals surface area (Å²) in [5, 5.41) is 3.79. The van der Waals surface area contributed by atoms with E-state index in [2.05, 4.69) is 24.1 Å². The van der Waals surface area contributed by atoms with E-state index >= 15 is 0 Å². The average molecular weight is 252 g/mol. The molecule has 0 atom stereocenters. The predicted octanol–water partition coefficient (Wildman–Crippen LogP) is 3.28. The molecule has 2 fully saturated rings. The third-order valence-electron chi connectivity index (χ3n) is 5.02.